The minimum atomic E-state index is -0.856. The van der Waals surface area contributed by atoms with Crippen LogP contribution >= 0.6 is 12.2 Å². The van der Waals surface area contributed by atoms with Gasteiger partial charge in [-0.15, -0.1) is 6.58 Å². The molecule has 2 aliphatic carbocycles. The standard InChI is InChI=1S/C17H24FNS/c1-2-13-3-5-14(6-4-13)7-8-15-9-10-17(19-12-20)16(18)11-15/h2,7-8,13-17H,1,3-6,9-11H2. The van der Waals surface area contributed by atoms with Crippen molar-refractivity contribution in [2.24, 2.45) is 22.7 Å². The van der Waals surface area contributed by atoms with E-state index in [4.69, 9.17) is 0 Å². The maximum Gasteiger partial charge on any atom is 0.124 e. The molecule has 0 spiro atoms. The summed E-state index contributed by atoms with van der Waals surface area (Å²) in [6.07, 6.45) is 13.2. The fourth-order valence-electron chi connectivity index (χ4n) is 3.41. The van der Waals surface area contributed by atoms with E-state index in [1.807, 2.05) is 0 Å². The van der Waals surface area contributed by atoms with E-state index in [1.165, 1.54) is 25.7 Å². The number of rotatable bonds is 4. The van der Waals surface area contributed by atoms with Crippen LogP contribution in [0.25, 0.3) is 0 Å². The van der Waals surface area contributed by atoms with Gasteiger partial charge in [-0.05, 0) is 74.9 Å². The van der Waals surface area contributed by atoms with Crippen molar-refractivity contribution in [2.75, 3.05) is 0 Å². The highest BCUT2D eigenvalue weighted by atomic mass is 32.1. The van der Waals surface area contributed by atoms with Crippen molar-refractivity contribution in [3.05, 3.63) is 24.8 Å². The lowest BCUT2D eigenvalue weighted by molar-refractivity contribution is 0.192. The SMILES string of the molecule is C=CC1CCC(C=CC2CCC(N=C=S)C(F)C2)CC1. The molecule has 3 heteroatoms. The number of allylic oxidation sites excluding steroid dienone is 3. The molecule has 0 aliphatic heterocycles. The molecule has 0 aromatic carbocycles. The zero-order chi connectivity index (χ0) is 14.4. The minimum absolute atomic E-state index is 0.250. The van der Waals surface area contributed by atoms with Gasteiger partial charge < -0.3 is 0 Å². The lowest BCUT2D eigenvalue weighted by Gasteiger charge is -2.28. The molecule has 2 aliphatic rings. The van der Waals surface area contributed by atoms with Crippen LogP contribution in [0.4, 0.5) is 4.39 Å². The van der Waals surface area contributed by atoms with Crippen LogP contribution in [0.2, 0.25) is 0 Å². The van der Waals surface area contributed by atoms with Gasteiger partial charge in [-0.3, -0.25) is 0 Å². The third-order valence-electron chi connectivity index (χ3n) is 4.80. The molecule has 0 heterocycles. The van der Waals surface area contributed by atoms with Crippen molar-refractivity contribution in [3.63, 3.8) is 0 Å². The molecule has 0 aromatic heterocycles. The number of nitrogens with zero attached hydrogens (tertiary/aromatic N) is 1. The molecule has 0 saturated heterocycles. The Kier molecular flexibility index (Phi) is 6.12. The zero-order valence-electron chi connectivity index (χ0n) is 12.0. The van der Waals surface area contributed by atoms with Crippen molar-refractivity contribution < 1.29 is 4.39 Å². The van der Waals surface area contributed by atoms with Crippen LogP contribution in [0.1, 0.15) is 44.9 Å². The Hall–Kier alpha value is -0.790. The predicted octanol–water partition coefficient (Wildman–Crippen LogP) is 5.14. The first kappa shape index (κ1) is 15.6. The Morgan fingerprint density at radius 3 is 2.20 bits per heavy atom. The normalized spacial score (nSPS) is 38.4. The van der Waals surface area contributed by atoms with Gasteiger partial charge in [0.1, 0.15) is 6.17 Å². The molecule has 110 valence electrons. The molecule has 0 radical (unpaired) electrons. The third-order valence-corrected chi connectivity index (χ3v) is 4.91. The molecule has 1 nitrogen and oxygen atoms in total. The fourth-order valence-corrected chi connectivity index (χ4v) is 3.54. The van der Waals surface area contributed by atoms with E-state index in [0.29, 0.717) is 24.2 Å². The number of halogens is 1. The van der Waals surface area contributed by atoms with E-state index in [-0.39, 0.29) is 6.04 Å². The van der Waals surface area contributed by atoms with Gasteiger partial charge in [0.2, 0.25) is 0 Å². The molecule has 2 rings (SSSR count). The van der Waals surface area contributed by atoms with Crippen LogP contribution in [0.3, 0.4) is 0 Å². The first-order valence-corrected chi connectivity index (χ1v) is 8.15. The Labute approximate surface area is 127 Å². The highest BCUT2D eigenvalue weighted by molar-refractivity contribution is 7.78. The van der Waals surface area contributed by atoms with E-state index >= 15 is 0 Å². The molecular weight excluding hydrogens is 269 g/mol. The smallest absolute Gasteiger partial charge is 0.124 e. The topological polar surface area (TPSA) is 12.4 Å². The minimum Gasteiger partial charge on any atom is -0.245 e. The van der Waals surface area contributed by atoms with Gasteiger partial charge in [0.25, 0.3) is 0 Å². The number of alkyl halides is 1. The quantitative estimate of drug-likeness (QED) is 0.397. The van der Waals surface area contributed by atoms with Gasteiger partial charge in [0.15, 0.2) is 0 Å². The molecule has 0 aromatic rings. The molecule has 2 saturated carbocycles. The van der Waals surface area contributed by atoms with Crippen molar-refractivity contribution >= 4 is 17.4 Å². The summed E-state index contributed by atoms with van der Waals surface area (Å²) in [7, 11) is 0. The van der Waals surface area contributed by atoms with Crippen LogP contribution in [0.15, 0.2) is 29.8 Å². The second-order valence-electron chi connectivity index (χ2n) is 6.17. The second kappa shape index (κ2) is 7.85. The van der Waals surface area contributed by atoms with E-state index in [0.717, 1.165) is 12.8 Å². The van der Waals surface area contributed by atoms with Crippen molar-refractivity contribution in [3.8, 4) is 0 Å². The third kappa shape index (κ3) is 4.36. The van der Waals surface area contributed by atoms with Gasteiger partial charge in [0, 0.05) is 0 Å². The lowest BCUT2D eigenvalue weighted by atomic mass is 9.80. The van der Waals surface area contributed by atoms with Crippen LogP contribution in [-0.2, 0) is 0 Å². The Morgan fingerprint density at radius 2 is 1.60 bits per heavy atom. The highest BCUT2D eigenvalue weighted by Gasteiger charge is 2.29. The van der Waals surface area contributed by atoms with E-state index < -0.39 is 6.17 Å². The Morgan fingerprint density at radius 1 is 1.00 bits per heavy atom. The van der Waals surface area contributed by atoms with Crippen LogP contribution in [0.5, 0.6) is 0 Å². The number of thiocarbonyl (C=S) groups is 1. The summed E-state index contributed by atoms with van der Waals surface area (Å²) < 4.78 is 13.9. The zero-order valence-corrected chi connectivity index (χ0v) is 12.8. The number of aliphatic imine (C=N–C) groups is 1. The average molecular weight is 293 g/mol. The van der Waals surface area contributed by atoms with Gasteiger partial charge in [0.05, 0.1) is 11.2 Å². The summed E-state index contributed by atoms with van der Waals surface area (Å²) in [5.74, 6) is 1.76. The van der Waals surface area contributed by atoms with E-state index in [9.17, 15) is 4.39 Å². The summed E-state index contributed by atoms with van der Waals surface area (Å²) in [5.41, 5.74) is 0. The molecule has 0 amide bonds. The fraction of sp³-hybridized carbons (Fsp3) is 0.706. The summed E-state index contributed by atoms with van der Waals surface area (Å²) in [5, 5.41) is 2.32. The Bertz CT molecular complexity index is 392. The monoisotopic (exact) mass is 293 g/mol. The lowest BCUT2D eigenvalue weighted by Crippen LogP contribution is -2.28. The molecule has 20 heavy (non-hydrogen) atoms. The van der Waals surface area contributed by atoms with Gasteiger partial charge in [-0.2, -0.15) is 0 Å². The van der Waals surface area contributed by atoms with Gasteiger partial charge in [-0.1, -0.05) is 18.2 Å². The predicted molar refractivity (Wildman–Crippen MR) is 85.8 cm³/mol. The molecule has 2 fully saturated rings. The molecule has 0 bridgehead atoms. The van der Waals surface area contributed by atoms with E-state index in [2.05, 4.69) is 47.2 Å². The molecule has 0 N–H and O–H groups in total. The molecular formula is C17H24FNS. The number of hydrogen-bond donors (Lipinski definition) is 0. The van der Waals surface area contributed by atoms with Crippen LogP contribution in [-0.4, -0.2) is 17.4 Å². The first-order chi connectivity index (χ1) is 9.72. The van der Waals surface area contributed by atoms with Crippen molar-refractivity contribution in [1.29, 1.82) is 0 Å². The van der Waals surface area contributed by atoms with Gasteiger partial charge >= 0.3 is 0 Å². The van der Waals surface area contributed by atoms with Gasteiger partial charge in [-0.25, -0.2) is 9.38 Å². The van der Waals surface area contributed by atoms with Crippen molar-refractivity contribution in [2.45, 2.75) is 57.2 Å². The van der Waals surface area contributed by atoms with Crippen molar-refractivity contribution in [1.82, 2.24) is 0 Å². The maximum absolute atomic E-state index is 13.9. The molecule has 3 unspecified atom stereocenters. The van der Waals surface area contributed by atoms with E-state index in [1.54, 1.807) is 0 Å². The summed E-state index contributed by atoms with van der Waals surface area (Å²) in [6.45, 7) is 3.88. The highest BCUT2D eigenvalue weighted by Crippen LogP contribution is 2.33. The molecule has 3 atom stereocenters. The maximum atomic E-state index is 13.9. The van der Waals surface area contributed by atoms with Crippen LogP contribution < -0.4 is 0 Å². The second-order valence-corrected chi connectivity index (χ2v) is 6.35. The first-order valence-electron chi connectivity index (χ1n) is 7.75. The summed E-state index contributed by atoms with van der Waals surface area (Å²) >= 11 is 4.57. The largest absolute Gasteiger partial charge is 0.245 e. The number of hydrogen-bond acceptors (Lipinski definition) is 2. The summed E-state index contributed by atoms with van der Waals surface area (Å²) in [4.78, 5) is 3.92. The summed E-state index contributed by atoms with van der Waals surface area (Å²) in [6, 6.07) is -0.250. The number of isothiocyanates is 1. The average Bonchev–Trinajstić information content (AvgIpc) is 2.48. The van der Waals surface area contributed by atoms with Crippen LogP contribution in [0, 0.1) is 17.8 Å². The Balaban J connectivity index is 1.78.